The lowest BCUT2D eigenvalue weighted by Crippen LogP contribution is -1.98. The van der Waals surface area contributed by atoms with Gasteiger partial charge in [-0.15, -0.1) is 0 Å². The van der Waals surface area contributed by atoms with Crippen molar-refractivity contribution in [3.8, 4) is 97.5 Å². The predicted octanol–water partition coefficient (Wildman–Crippen LogP) is 17.6. The van der Waals surface area contributed by atoms with Crippen LogP contribution in [-0.4, -0.2) is 23.7 Å². The summed E-state index contributed by atoms with van der Waals surface area (Å²) in [5.41, 5.74) is 17.7. The maximum Gasteiger partial charge on any atom is 0.160 e. The van der Waals surface area contributed by atoms with Crippen molar-refractivity contribution in [2.24, 2.45) is 0 Å². The van der Waals surface area contributed by atoms with Crippen LogP contribution in [0, 0.1) is 45.3 Å². The van der Waals surface area contributed by atoms with E-state index in [0.717, 1.165) is 77.6 Å². The van der Waals surface area contributed by atoms with Crippen LogP contribution in [0.25, 0.3) is 139 Å². The second kappa shape index (κ2) is 19.3. The largest absolute Gasteiger partial charge is 0.309 e. The van der Waals surface area contributed by atoms with Gasteiger partial charge in [0.25, 0.3) is 0 Å². The molecule has 0 radical (unpaired) electrons. The van der Waals surface area contributed by atoms with Gasteiger partial charge in [0.15, 0.2) is 5.82 Å². The van der Waals surface area contributed by atoms with Gasteiger partial charge in [0, 0.05) is 71.6 Å². The third-order valence-electron chi connectivity index (χ3n) is 16.0. The van der Waals surface area contributed by atoms with Gasteiger partial charge in [0.05, 0.1) is 91.0 Å². The fourth-order valence-electron chi connectivity index (χ4n) is 12.2. The molecule has 4 aromatic heterocycles. The fraction of sp³-hybridized carbons (Fsp3) is 0. The first kappa shape index (κ1) is 48.0. The third-order valence-corrected chi connectivity index (χ3v) is 16.0. The van der Waals surface area contributed by atoms with Crippen molar-refractivity contribution in [3.05, 3.63) is 271 Å². The fourth-order valence-corrected chi connectivity index (χ4v) is 12.2. The maximum atomic E-state index is 10.7. The van der Waals surface area contributed by atoms with Crippen molar-refractivity contribution in [2.45, 2.75) is 0 Å². The van der Waals surface area contributed by atoms with Crippen molar-refractivity contribution >= 4 is 65.4 Å². The van der Waals surface area contributed by atoms with Crippen LogP contribution in [-0.2, 0) is 0 Å². The summed E-state index contributed by atoms with van der Waals surface area (Å²) in [4.78, 5) is 9.79. The smallest absolute Gasteiger partial charge is 0.160 e. The molecule has 0 bridgehead atoms. The number of aromatic nitrogens is 5. The second-order valence-electron chi connectivity index (χ2n) is 20.6. The molecule has 0 saturated carbocycles. The molecule has 83 heavy (non-hydrogen) atoms. The molecule has 9 heteroatoms. The normalized spacial score (nSPS) is 11.3. The first-order valence-corrected chi connectivity index (χ1v) is 27.1. The van der Waals surface area contributed by atoms with Crippen LogP contribution in [0.15, 0.2) is 249 Å². The number of hydrogen-bond acceptors (Lipinski definition) is 6. The first-order chi connectivity index (χ1) is 40.9. The van der Waals surface area contributed by atoms with E-state index in [1.165, 1.54) is 21.5 Å². The van der Waals surface area contributed by atoms with Crippen molar-refractivity contribution in [2.75, 3.05) is 0 Å². The minimum Gasteiger partial charge on any atom is -0.309 e. The molecule has 0 aliphatic heterocycles. The molecule has 0 aliphatic rings. The molecule has 382 valence electrons. The first-order valence-electron chi connectivity index (χ1n) is 27.1. The van der Waals surface area contributed by atoms with Gasteiger partial charge in [-0.2, -0.15) is 21.0 Å². The lowest BCUT2D eigenvalue weighted by Gasteiger charge is -2.13. The van der Waals surface area contributed by atoms with Gasteiger partial charge < -0.3 is 13.7 Å². The van der Waals surface area contributed by atoms with Crippen molar-refractivity contribution < 1.29 is 0 Å². The lowest BCUT2D eigenvalue weighted by molar-refractivity contribution is 1.16. The van der Waals surface area contributed by atoms with Crippen LogP contribution in [0.2, 0.25) is 0 Å². The van der Waals surface area contributed by atoms with Gasteiger partial charge in [-0.1, -0.05) is 133 Å². The summed E-state index contributed by atoms with van der Waals surface area (Å²) >= 11 is 0. The van der Waals surface area contributed by atoms with Crippen LogP contribution in [0.4, 0.5) is 0 Å². The van der Waals surface area contributed by atoms with Gasteiger partial charge in [-0.05, 0) is 132 Å². The lowest BCUT2D eigenvalue weighted by atomic mass is 9.91. The summed E-state index contributed by atoms with van der Waals surface area (Å²) in [6.07, 6.45) is 0. The highest BCUT2D eigenvalue weighted by atomic mass is 15.0. The maximum absolute atomic E-state index is 10.7. The molecule has 9 nitrogen and oxygen atoms in total. The zero-order valence-corrected chi connectivity index (χ0v) is 44.2. The molecule has 0 amide bonds. The van der Waals surface area contributed by atoms with Crippen LogP contribution in [0.1, 0.15) is 22.3 Å². The molecule has 0 fully saturated rings. The van der Waals surface area contributed by atoms with Crippen LogP contribution < -0.4 is 0 Å². The van der Waals surface area contributed by atoms with E-state index in [1.54, 1.807) is 54.6 Å². The van der Waals surface area contributed by atoms with Gasteiger partial charge in [-0.25, -0.2) is 9.97 Å². The molecular weight excluding hydrogens is 1010 g/mol. The molecule has 15 aromatic rings. The monoisotopic (exact) mass is 1060 g/mol. The third kappa shape index (κ3) is 7.90. The van der Waals surface area contributed by atoms with E-state index in [-0.39, 0.29) is 0 Å². The highest BCUT2D eigenvalue weighted by Gasteiger charge is 2.21. The number of para-hydroxylation sites is 4. The molecular formula is C74H41N9. The zero-order chi connectivity index (χ0) is 55.7. The van der Waals surface area contributed by atoms with Crippen LogP contribution >= 0.6 is 0 Å². The average molecular weight is 1060 g/mol. The molecule has 0 saturated heterocycles. The summed E-state index contributed by atoms with van der Waals surface area (Å²) in [5, 5.41) is 48.0. The summed E-state index contributed by atoms with van der Waals surface area (Å²) in [5.74, 6) is 0.354. The Bertz CT molecular complexity index is 4990. The number of benzene rings is 11. The van der Waals surface area contributed by atoms with Gasteiger partial charge in [-0.3, -0.25) is 0 Å². The van der Waals surface area contributed by atoms with Crippen LogP contribution in [0.5, 0.6) is 0 Å². The molecule has 4 heterocycles. The highest BCUT2D eigenvalue weighted by Crippen LogP contribution is 2.41. The van der Waals surface area contributed by atoms with E-state index in [0.29, 0.717) is 61.7 Å². The standard InChI is InChI=1S/C74H41N9/c75-42-46-11-9-13-51(35-46)65-41-66(80-74(79-65)52-14-10-12-47(36-52)43-76)53-37-54(44-77)73(55(38-53)45-78)50-25-23-48(24-26-50)49-27-29-56(30-28-49)81-71-33-31-57(82-67-19-5-1-15-59(67)60-16-2-6-20-68(60)82)39-63(71)64-40-58(32-34-72(64)81)83-69-21-7-3-17-61(69)62-18-4-8-22-70(62)83/h1-41H. The molecule has 0 N–H and O–H groups in total. The van der Waals surface area contributed by atoms with Crippen molar-refractivity contribution in [1.82, 2.24) is 23.7 Å². The number of rotatable bonds is 8. The summed E-state index contributed by atoms with van der Waals surface area (Å²) in [7, 11) is 0. The topological polar surface area (TPSA) is 136 Å². The minimum atomic E-state index is 0.311. The molecule has 0 spiro atoms. The number of nitrogens with zero attached hydrogens (tertiary/aromatic N) is 9. The summed E-state index contributed by atoms with van der Waals surface area (Å²) in [6, 6.07) is 93.4. The Hall–Kier alpha value is -12.1. The number of hydrogen-bond donors (Lipinski definition) is 0. The quantitative estimate of drug-likeness (QED) is 0.149. The summed E-state index contributed by atoms with van der Waals surface area (Å²) in [6.45, 7) is 0. The molecule has 11 aromatic carbocycles. The number of nitriles is 4. The van der Waals surface area contributed by atoms with E-state index >= 15 is 0 Å². The molecule has 0 aliphatic carbocycles. The Morgan fingerprint density at radius 1 is 0.265 bits per heavy atom. The SMILES string of the molecule is N#Cc1cccc(-c2cc(-c3cc(C#N)c(-c4ccc(-c5ccc(-n6c7ccc(-n8c9ccccc9c9ccccc98)cc7c7cc(-n8c9ccccc9c9ccccc98)ccc76)cc5)cc4)c(C#N)c3)nc(-c3cccc(C#N)c3)n2)c1. The Morgan fingerprint density at radius 3 is 1.12 bits per heavy atom. The van der Waals surface area contributed by atoms with E-state index in [1.807, 2.05) is 36.4 Å². The average Bonchev–Trinajstić information content (AvgIpc) is 4.41. The van der Waals surface area contributed by atoms with Gasteiger partial charge in [0.1, 0.15) is 0 Å². The molecule has 15 rings (SSSR count). The van der Waals surface area contributed by atoms with E-state index in [4.69, 9.17) is 9.97 Å². The second-order valence-corrected chi connectivity index (χ2v) is 20.6. The predicted molar refractivity (Wildman–Crippen MR) is 331 cm³/mol. The Labute approximate surface area is 476 Å². The van der Waals surface area contributed by atoms with E-state index in [2.05, 4.69) is 196 Å². The van der Waals surface area contributed by atoms with E-state index in [9.17, 15) is 21.0 Å². The van der Waals surface area contributed by atoms with Crippen molar-refractivity contribution in [3.63, 3.8) is 0 Å². The van der Waals surface area contributed by atoms with Gasteiger partial charge in [0.2, 0.25) is 0 Å². The number of fused-ring (bicyclic) bond motifs is 9. The zero-order valence-electron chi connectivity index (χ0n) is 44.2. The molecule has 0 atom stereocenters. The Balaban J connectivity index is 0.810. The Morgan fingerprint density at radius 2 is 0.651 bits per heavy atom. The van der Waals surface area contributed by atoms with Crippen molar-refractivity contribution in [1.29, 1.82) is 21.0 Å². The summed E-state index contributed by atoms with van der Waals surface area (Å²) < 4.78 is 7.12. The minimum absolute atomic E-state index is 0.311. The highest BCUT2D eigenvalue weighted by molar-refractivity contribution is 6.14. The van der Waals surface area contributed by atoms with Crippen LogP contribution in [0.3, 0.4) is 0 Å². The molecule has 0 unspecified atom stereocenters. The van der Waals surface area contributed by atoms with E-state index < -0.39 is 0 Å². The van der Waals surface area contributed by atoms with Gasteiger partial charge >= 0.3 is 0 Å². The Kier molecular flexibility index (Phi) is 11.2.